The number of para-hydroxylation sites is 1. The first kappa shape index (κ1) is 20.1. The van der Waals surface area contributed by atoms with Crippen LogP contribution in [0.2, 0.25) is 0 Å². The first-order chi connectivity index (χ1) is 13.2. The number of hydrogen-bond acceptors (Lipinski definition) is 3. The van der Waals surface area contributed by atoms with Gasteiger partial charge in [0.05, 0.1) is 0 Å². The number of hydrogen-bond donors (Lipinski definition) is 2. The third-order valence-corrected chi connectivity index (χ3v) is 6.10. The van der Waals surface area contributed by atoms with E-state index < -0.39 is 15.0 Å². The van der Waals surface area contributed by atoms with Gasteiger partial charge in [0, 0.05) is 5.41 Å². The largest absolute Gasteiger partial charge is 0.506 e. The Hall–Kier alpha value is -2.63. The average Bonchev–Trinajstić information content (AvgIpc) is 2.67. The normalized spacial score (nSPS) is 12.1. The summed E-state index contributed by atoms with van der Waals surface area (Å²) in [7, 11) is -4.46. The van der Waals surface area contributed by atoms with Gasteiger partial charge in [-0.25, -0.2) is 0 Å². The molecule has 0 saturated heterocycles. The van der Waals surface area contributed by atoms with Crippen molar-refractivity contribution in [1.29, 1.82) is 0 Å². The Labute approximate surface area is 166 Å². The molecule has 4 nitrogen and oxygen atoms in total. The molecule has 0 atom stereocenters. The maximum absolute atomic E-state index is 11.4. The minimum absolute atomic E-state index is 0.198. The fourth-order valence-corrected chi connectivity index (χ4v) is 4.23. The van der Waals surface area contributed by atoms with E-state index in [-0.39, 0.29) is 11.2 Å². The summed E-state index contributed by atoms with van der Waals surface area (Å²) in [6.07, 6.45) is 1.09. The summed E-state index contributed by atoms with van der Waals surface area (Å²) < 4.78 is 32.1. The number of aryl methyl sites for hydroxylation is 2. The molecule has 28 heavy (non-hydrogen) atoms. The van der Waals surface area contributed by atoms with Crippen LogP contribution in [0.1, 0.15) is 36.1 Å². The van der Waals surface area contributed by atoms with Crippen LogP contribution in [0.3, 0.4) is 0 Å². The van der Waals surface area contributed by atoms with Crippen LogP contribution in [-0.2, 0) is 28.4 Å². The summed E-state index contributed by atoms with van der Waals surface area (Å²) in [6, 6.07) is 22.8. The summed E-state index contributed by atoms with van der Waals surface area (Å²) in [5.74, 6) is -0.384. The lowest BCUT2D eigenvalue weighted by atomic mass is 9.75. The second-order valence-electron chi connectivity index (χ2n) is 7.39. The van der Waals surface area contributed by atoms with Gasteiger partial charge in [-0.05, 0) is 41.2 Å². The molecule has 0 saturated carbocycles. The van der Waals surface area contributed by atoms with Gasteiger partial charge >= 0.3 is 0 Å². The van der Waals surface area contributed by atoms with Crippen molar-refractivity contribution >= 4 is 10.1 Å². The molecule has 2 N–H and O–H groups in total. The van der Waals surface area contributed by atoms with Crippen LogP contribution in [0.15, 0.2) is 77.7 Å². The van der Waals surface area contributed by atoms with Gasteiger partial charge in [-0.15, -0.1) is 0 Å². The summed E-state index contributed by atoms with van der Waals surface area (Å²) >= 11 is 0. The Bertz CT molecular complexity index is 1070. The summed E-state index contributed by atoms with van der Waals surface area (Å²) in [5.41, 5.74) is 3.82. The molecule has 0 fully saturated rings. The van der Waals surface area contributed by atoms with Crippen molar-refractivity contribution in [3.05, 3.63) is 95.1 Å². The zero-order chi connectivity index (χ0) is 20.4. The van der Waals surface area contributed by atoms with E-state index in [4.69, 9.17) is 0 Å². The summed E-state index contributed by atoms with van der Waals surface area (Å²) in [4.78, 5) is -0.456. The molecule has 0 bridgehead atoms. The predicted octanol–water partition coefficient (Wildman–Crippen LogP) is 4.75. The van der Waals surface area contributed by atoms with E-state index in [1.807, 2.05) is 30.3 Å². The fourth-order valence-electron chi connectivity index (χ4n) is 3.61. The maximum atomic E-state index is 11.4. The van der Waals surface area contributed by atoms with Crippen LogP contribution in [-0.4, -0.2) is 18.1 Å². The number of benzene rings is 3. The van der Waals surface area contributed by atoms with E-state index in [2.05, 4.69) is 38.1 Å². The van der Waals surface area contributed by atoms with Gasteiger partial charge < -0.3 is 5.11 Å². The van der Waals surface area contributed by atoms with Crippen molar-refractivity contribution in [3.8, 4) is 5.75 Å². The quantitative estimate of drug-likeness (QED) is 0.590. The second kappa shape index (κ2) is 7.78. The van der Waals surface area contributed by atoms with Gasteiger partial charge in [0.15, 0.2) is 0 Å². The standard InChI is InChI=1S/C23H24O4S/c1-23(2,19-11-4-3-5-12-19)20-13-7-6-9-17(20)15-16-18-10-8-14-21(22(18)24)28(25,26)27/h3-14,24H,15-16H2,1-2H3,(H,25,26,27). The molecule has 0 aromatic heterocycles. The van der Waals surface area contributed by atoms with Crippen molar-refractivity contribution < 1.29 is 18.1 Å². The molecule has 146 valence electrons. The molecule has 0 aliphatic carbocycles. The Morgan fingerprint density at radius 1 is 0.786 bits per heavy atom. The minimum Gasteiger partial charge on any atom is -0.506 e. The molecular weight excluding hydrogens is 372 g/mol. The fraction of sp³-hybridized carbons (Fsp3) is 0.217. The second-order valence-corrected chi connectivity index (χ2v) is 8.78. The molecule has 0 radical (unpaired) electrons. The molecule has 0 amide bonds. The lowest BCUT2D eigenvalue weighted by molar-refractivity contribution is 0.437. The lowest BCUT2D eigenvalue weighted by Crippen LogP contribution is -2.21. The molecule has 0 spiro atoms. The van der Waals surface area contributed by atoms with Crippen LogP contribution in [0, 0.1) is 0 Å². The van der Waals surface area contributed by atoms with E-state index in [1.165, 1.54) is 23.3 Å². The van der Waals surface area contributed by atoms with E-state index in [9.17, 15) is 18.1 Å². The van der Waals surface area contributed by atoms with Crippen LogP contribution >= 0.6 is 0 Å². The van der Waals surface area contributed by atoms with E-state index >= 15 is 0 Å². The van der Waals surface area contributed by atoms with E-state index in [0.717, 1.165) is 5.56 Å². The Morgan fingerprint density at radius 3 is 2.04 bits per heavy atom. The number of phenols is 1. The number of rotatable bonds is 6. The highest BCUT2D eigenvalue weighted by Crippen LogP contribution is 2.34. The molecule has 3 aromatic carbocycles. The van der Waals surface area contributed by atoms with E-state index in [1.54, 1.807) is 6.07 Å². The van der Waals surface area contributed by atoms with Gasteiger partial charge in [-0.2, -0.15) is 8.42 Å². The summed E-state index contributed by atoms with van der Waals surface area (Å²) in [5, 5.41) is 10.3. The smallest absolute Gasteiger partial charge is 0.298 e. The Kier molecular flexibility index (Phi) is 5.59. The van der Waals surface area contributed by atoms with Crippen molar-refractivity contribution in [2.75, 3.05) is 0 Å². The molecule has 3 rings (SSSR count). The molecule has 0 aliphatic heterocycles. The topological polar surface area (TPSA) is 74.6 Å². The monoisotopic (exact) mass is 396 g/mol. The van der Waals surface area contributed by atoms with Crippen molar-refractivity contribution in [2.45, 2.75) is 37.0 Å². The van der Waals surface area contributed by atoms with E-state index in [0.29, 0.717) is 18.4 Å². The number of phenolic OH excluding ortho intramolecular Hbond substituents is 1. The van der Waals surface area contributed by atoms with Gasteiger partial charge in [-0.1, -0.05) is 80.6 Å². The average molecular weight is 397 g/mol. The third-order valence-electron chi connectivity index (χ3n) is 5.21. The zero-order valence-electron chi connectivity index (χ0n) is 16.0. The Balaban J connectivity index is 1.92. The SMILES string of the molecule is CC(C)(c1ccccc1)c1ccccc1CCc1cccc(S(=O)(=O)O)c1O. The molecule has 0 unspecified atom stereocenters. The van der Waals surface area contributed by atoms with Gasteiger partial charge in [0.25, 0.3) is 10.1 Å². The Morgan fingerprint density at radius 2 is 1.36 bits per heavy atom. The predicted molar refractivity (Wildman–Crippen MR) is 110 cm³/mol. The molecule has 3 aromatic rings. The lowest BCUT2D eigenvalue weighted by Gasteiger charge is -2.28. The van der Waals surface area contributed by atoms with Crippen LogP contribution in [0.4, 0.5) is 0 Å². The third kappa shape index (κ3) is 4.11. The highest BCUT2D eigenvalue weighted by Gasteiger charge is 2.25. The van der Waals surface area contributed by atoms with Crippen molar-refractivity contribution in [3.63, 3.8) is 0 Å². The summed E-state index contributed by atoms with van der Waals surface area (Å²) in [6.45, 7) is 4.36. The van der Waals surface area contributed by atoms with Crippen LogP contribution in [0.5, 0.6) is 5.75 Å². The zero-order valence-corrected chi connectivity index (χ0v) is 16.8. The first-order valence-corrected chi connectivity index (χ1v) is 10.6. The maximum Gasteiger partial charge on any atom is 0.298 e. The minimum atomic E-state index is -4.46. The van der Waals surface area contributed by atoms with Crippen LogP contribution in [0.25, 0.3) is 0 Å². The van der Waals surface area contributed by atoms with Crippen LogP contribution < -0.4 is 0 Å². The van der Waals surface area contributed by atoms with Gasteiger partial charge in [0.2, 0.25) is 0 Å². The molecular formula is C23H24O4S. The van der Waals surface area contributed by atoms with Gasteiger partial charge in [0.1, 0.15) is 10.6 Å². The highest BCUT2D eigenvalue weighted by molar-refractivity contribution is 7.86. The molecule has 5 heteroatoms. The molecule has 0 heterocycles. The molecule has 0 aliphatic rings. The van der Waals surface area contributed by atoms with Crippen molar-refractivity contribution in [1.82, 2.24) is 0 Å². The first-order valence-electron chi connectivity index (χ1n) is 9.13. The number of aromatic hydroxyl groups is 1. The van der Waals surface area contributed by atoms with Crippen molar-refractivity contribution in [2.24, 2.45) is 0 Å². The highest BCUT2D eigenvalue weighted by atomic mass is 32.2. The van der Waals surface area contributed by atoms with Gasteiger partial charge in [-0.3, -0.25) is 4.55 Å².